The van der Waals surface area contributed by atoms with E-state index in [-0.39, 0.29) is 0 Å². The van der Waals surface area contributed by atoms with Crippen LogP contribution in [0, 0.1) is 6.92 Å². The minimum Gasteiger partial charge on any atom is -0.378 e. The highest BCUT2D eigenvalue weighted by molar-refractivity contribution is 7.19. The summed E-state index contributed by atoms with van der Waals surface area (Å²) in [6.07, 6.45) is 0. The zero-order valence-electron chi connectivity index (χ0n) is 11.7. The van der Waals surface area contributed by atoms with Gasteiger partial charge in [0.2, 0.25) is 0 Å². The van der Waals surface area contributed by atoms with Crippen molar-refractivity contribution in [1.82, 2.24) is 9.97 Å². The molecule has 0 saturated carbocycles. The minimum absolute atomic E-state index is 0.787. The molecule has 3 rings (SSSR count). The summed E-state index contributed by atoms with van der Waals surface area (Å²) in [7, 11) is 0. The third kappa shape index (κ3) is 2.79. The van der Waals surface area contributed by atoms with Crippen molar-refractivity contribution in [1.29, 1.82) is 0 Å². The molecule has 2 aromatic rings. The fraction of sp³-hybridized carbons (Fsp3) is 0.538. The van der Waals surface area contributed by atoms with Crippen molar-refractivity contribution in [2.45, 2.75) is 13.8 Å². The fourth-order valence-electron chi connectivity index (χ4n) is 2.12. The lowest BCUT2D eigenvalue weighted by molar-refractivity contribution is 0.122. The third-order valence-electron chi connectivity index (χ3n) is 3.13. The number of anilines is 2. The van der Waals surface area contributed by atoms with E-state index in [4.69, 9.17) is 9.72 Å². The summed E-state index contributed by atoms with van der Waals surface area (Å²) in [5.41, 5.74) is 2.09. The van der Waals surface area contributed by atoms with Gasteiger partial charge in [0.25, 0.3) is 0 Å². The number of rotatable bonds is 4. The fourth-order valence-corrected chi connectivity index (χ4v) is 4.05. The molecule has 1 aliphatic heterocycles. The van der Waals surface area contributed by atoms with Crippen LogP contribution in [-0.4, -0.2) is 42.8 Å². The zero-order valence-corrected chi connectivity index (χ0v) is 13.3. The average molecular weight is 310 g/mol. The van der Waals surface area contributed by atoms with Crippen LogP contribution in [0.5, 0.6) is 0 Å². The van der Waals surface area contributed by atoms with Gasteiger partial charge in [-0.15, -0.1) is 11.3 Å². The summed E-state index contributed by atoms with van der Waals surface area (Å²) < 4.78 is 5.39. The summed E-state index contributed by atoms with van der Waals surface area (Å²) in [6.45, 7) is 8.45. The second kappa shape index (κ2) is 6.07. The number of morpholine rings is 1. The molecule has 0 bridgehead atoms. The SMILES string of the molecule is CCNc1nc(-c2sc(N3CCOCC3)nc2C)cs1. The number of hydrogen-bond acceptors (Lipinski definition) is 7. The van der Waals surface area contributed by atoms with Gasteiger partial charge in [-0.25, -0.2) is 9.97 Å². The molecule has 2 aromatic heterocycles. The Kier molecular flexibility index (Phi) is 4.18. The summed E-state index contributed by atoms with van der Waals surface area (Å²) in [4.78, 5) is 12.8. The first-order valence-corrected chi connectivity index (χ1v) is 8.47. The first-order chi connectivity index (χ1) is 9.78. The number of thiazole rings is 2. The Morgan fingerprint density at radius 3 is 2.90 bits per heavy atom. The number of hydrogen-bond donors (Lipinski definition) is 1. The van der Waals surface area contributed by atoms with Crippen molar-refractivity contribution in [2.24, 2.45) is 0 Å². The molecule has 0 spiro atoms. The summed E-state index contributed by atoms with van der Waals surface area (Å²) in [6, 6.07) is 0. The van der Waals surface area contributed by atoms with Crippen LogP contribution in [0.2, 0.25) is 0 Å². The lowest BCUT2D eigenvalue weighted by Crippen LogP contribution is -2.36. The molecular weight excluding hydrogens is 292 g/mol. The normalized spacial score (nSPS) is 15.6. The van der Waals surface area contributed by atoms with Crippen LogP contribution in [0.25, 0.3) is 10.6 Å². The number of aryl methyl sites for hydroxylation is 1. The topological polar surface area (TPSA) is 50.3 Å². The molecule has 108 valence electrons. The second-order valence-electron chi connectivity index (χ2n) is 4.58. The molecule has 1 N–H and O–H groups in total. The van der Waals surface area contributed by atoms with Gasteiger partial charge in [-0.3, -0.25) is 0 Å². The average Bonchev–Trinajstić information content (AvgIpc) is 3.07. The molecule has 3 heterocycles. The Balaban J connectivity index is 1.83. The van der Waals surface area contributed by atoms with Crippen molar-refractivity contribution in [3.63, 3.8) is 0 Å². The van der Waals surface area contributed by atoms with E-state index in [9.17, 15) is 0 Å². The van der Waals surface area contributed by atoms with Gasteiger partial charge in [0.15, 0.2) is 10.3 Å². The van der Waals surface area contributed by atoms with E-state index in [2.05, 4.69) is 34.4 Å². The predicted molar refractivity (Wildman–Crippen MR) is 85.2 cm³/mol. The second-order valence-corrected chi connectivity index (χ2v) is 6.41. The number of nitrogens with one attached hydrogen (secondary N) is 1. The first-order valence-electron chi connectivity index (χ1n) is 6.78. The standard InChI is InChI=1S/C13H18N4OS2/c1-3-14-12-16-10(8-19-12)11-9(2)15-13(20-11)17-4-6-18-7-5-17/h8H,3-7H2,1-2H3,(H,14,16). The Labute approximate surface area is 126 Å². The minimum atomic E-state index is 0.787. The lowest BCUT2D eigenvalue weighted by Gasteiger charge is -2.25. The highest BCUT2D eigenvalue weighted by atomic mass is 32.1. The van der Waals surface area contributed by atoms with E-state index in [0.717, 1.165) is 54.5 Å². The van der Waals surface area contributed by atoms with E-state index < -0.39 is 0 Å². The molecular formula is C13H18N4OS2. The van der Waals surface area contributed by atoms with Gasteiger partial charge < -0.3 is 15.0 Å². The van der Waals surface area contributed by atoms with Crippen LogP contribution in [0.4, 0.5) is 10.3 Å². The van der Waals surface area contributed by atoms with E-state index in [1.165, 1.54) is 4.88 Å². The Hall–Kier alpha value is -1.18. The van der Waals surface area contributed by atoms with Crippen LogP contribution in [0.1, 0.15) is 12.6 Å². The van der Waals surface area contributed by atoms with Gasteiger partial charge in [0.05, 0.1) is 29.5 Å². The first kappa shape index (κ1) is 13.8. The molecule has 7 heteroatoms. The number of nitrogens with zero attached hydrogens (tertiary/aromatic N) is 3. The Morgan fingerprint density at radius 1 is 1.35 bits per heavy atom. The molecule has 1 fully saturated rings. The predicted octanol–water partition coefficient (Wildman–Crippen LogP) is 2.84. The molecule has 0 aromatic carbocycles. The van der Waals surface area contributed by atoms with E-state index in [0.29, 0.717) is 0 Å². The maximum absolute atomic E-state index is 5.39. The largest absolute Gasteiger partial charge is 0.378 e. The van der Waals surface area contributed by atoms with Crippen molar-refractivity contribution in [3.8, 4) is 10.6 Å². The molecule has 20 heavy (non-hydrogen) atoms. The number of aromatic nitrogens is 2. The van der Waals surface area contributed by atoms with Crippen molar-refractivity contribution in [3.05, 3.63) is 11.1 Å². The Bertz CT molecular complexity index is 575. The van der Waals surface area contributed by atoms with Crippen LogP contribution in [0.3, 0.4) is 0 Å². The smallest absolute Gasteiger partial charge is 0.186 e. The highest BCUT2D eigenvalue weighted by Crippen LogP contribution is 2.36. The molecule has 0 radical (unpaired) electrons. The highest BCUT2D eigenvalue weighted by Gasteiger charge is 2.18. The summed E-state index contributed by atoms with van der Waals surface area (Å²) in [5, 5.41) is 7.41. The van der Waals surface area contributed by atoms with Gasteiger partial charge in [0.1, 0.15) is 0 Å². The monoisotopic (exact) mass is 310 g/mol. The zero-order chi connectivity index (χ0) is 13.9. The number of ether oxygens (including phenoxy) is 1. The molecule has 0 atom stereocenters. The molecule has 1 aliphatic rings. The molecule has 0 aliphatic carbocycles. The molecule has 5 nitrogen and oxygen atoms in total. The van der Waals surface area contributed by atoms with Crippen molar-refractivity contribution < 1.29 is 4.74 Å². The summed E-state index contributed by atoms with van der Waals surface area (Å²) in [5.74, 6) is 0. The summed E-state index contributed by atoms with van der Waals surface area (Å²) >= 11 is 3.37. The molecule has 1 saturated heterocycles. The Morgan fingerprint density at radius 2 is 2.15 bits per heavy atom. The van der Waals surface area contributed by atoms with Gasteiger partial charge in [0, 0.05) is 25.0 Å². The maximum Gasteiger partial charge on any atom is 0.186 e. The van der Waals surface area contributed by atoms with Gasteiger partial charge in [-0.1, -0.05) is 11.3 Å². The quantitative estimate of drug-likeness (QED) is 0.941. The molecule has 0 amide bonds. The third-order valence-corrected chi connectivity index (χ3v) is 5.17. The van der Waals surface area contributed by atoms with Crippen molar-refractivity contribution >= 4 is 32.9 Å². The van der Waals surface area contributed by atoms with Gasteiger partial charge in [-0.05, 0) is 13.8 Å². The van der Waals surface area contributed by atoms with Crippen molar-refractivity contribution in [2.75, 3.05) is 43.1 Å². The van der Waals surface area contributed by atoms with E-state index >= 15 is 0 Å². The van der Waals surface area contributed by atoms with E-state index in [1.807, 2.05) is 0 Å². The molecule has 0 unspecified atom stereocenters. The van der Waals surface area contributed by atoms with Gasteiger partial charge >= 0.3 is 0 Å². The van der Waals surface area contributed by atoms with Crippen LogP contribution in [-0.2, 0) is 4.74 Å². The van der Waals surface area contributed by atoms with Crippen LogP contribution in [0.15, 0.2) is 5.38 Å². The lowest BCUT2D eigenvalue weighted by atomic mass is 10.3. The van der Waals surface area contributed by atoms with Gasteiger partial charge in [-0.2, -0.15) is 0 Å². The van der Waals surface area contributed by atoms with Crippen LogP contribution < -0.4 is 10.2 Å². The van der Waals surface area contributed by atoms with E-state index in [1.54, 1.807) is 22.7 Å². The van der Waals surface area contributed by atoms with Crippen LogP contribution >= 0.6 is 22.7 Å². The maximum atomic E-state index is 5.39.